The minimum absolute atomic E-state index is 0.0981. The first kappa shape index (κ1) is 19.5. The molecule has 0 saturated heterocycles. The fraction of sp³-hybridized carbons (Fsp3) is 0.211. The third-order valence-corrected chi connectivity index (χ3v) is 4.27. The fourth-order valence-electron chi connectivity index (χ4n) is 2.64. The van der Waals surface area contributed by atoms with Crippen LogP contribution in [0, 0.1) is 0 Å². The van der Waals surface area contributed by atoms with Crippen molar-refractivity contribution in [2.24, 2.45) is 5.73 Å². The van der Waals surface area contributed by atoms with Crippen molar-refractivity contribution in [3.63, 3.8) is 0 Å². The molecule has 0 unspecified atom stereocenters. The number of primary amides is 1. The number of urea groups is 1. The zero-order chi connectivity index (χ0) is 20.1. The smallest absolute Gasteiger partial charge is 0.312 e. The molecule has 146 valence electrons. The Hall–Kier alpha value is -3.26. The highest BCUT2D eigenvalue weighted by atomic mass is 35.5. The molecule has 0 aromatic heterocycles. The normalized spacial score (nSPS) is 12.9. The van der Waals surface area contributed by atoms with Crippen LogP contribution in [0.3, 0.4) is 0 Å². The van der Waals surface area contributed by atoms with Crippen LogP contribution in [0.4, 0.5) is 4.79 Å². The number of hydrogen-bond donors (Lipinski definition) is 2. The van der Waals surface area contributed by atoms with Gasteiger partial charge in [-0.3, -0.25) is 9.59 Å². The molecule has 2 aromatic rings. The van der Waals surface area contributed by atoms with Crippen molar-refractivity contribution in [1.29, 1.82) is 0 Å². The molecule has 1 atom stereocenters. The summed E-state index contributed by atoms with van der Waals surface area (Å²) < 4.78 is 15.5. The predicted molar refractivity (Wildman–Crippen MR) is 99.4 cm³/mol. The van der Waals surface area contributed by atoms with Crippen molar-refractivity contribution >= 4 is 29.4 Å². The number of ketones is 1. The second-order valence-electron chi connectivity index (χ2n) is 5.97. The first-order valence-electron chi connectivity index (χ1n) is 8.32. The molecule has 3 rings (SSSR count). The molecule has 0 radical (unpaired) electrons. The SMILES string of the molecule is NC(=O)N[C@@H](CC(=O)OCC(=O)c1ccc2c(c1)OCO2)c1ccc(Cl)cc1. The van der Waals surface area contributed by atoms with Gasteiger partial charge >= 0.3 is 12.0 Å². The lowest BCUT2D eigenvalue weighted by Crippen LogP contribution is -2.34. The summed E-state index contributed by atoms with van der Waals surface area (Å²) in [5, 5.41) is 2.99. The van der Waals surface area contributed by atoms with E-state index in [1.165, 1.54) is 6.07 Å². The second kappa shape index (κ2) is 8.62. The molecular formula is C19H17ClN2O6. The van der Waals surface area contributed by atoms with Crippen molar-refractivity contribution in [1.82, 2.24) is 5.32 Å². The summed E-state index contributed by atoms with van der Waals surface area (Å²) in [4.78, 5) is 35.6. The molecule has 0 bridgehead atoms. The molecule has 9 heteroatoms. The number of Topliss-reactive ketones (excluding diaryl/α,β-unsaturated/α-hetero) is 1. The van der Waals surface area contributed by atoms with E-state index >= 15 is 0 Å². The summed E-state index contributed by atoms with van der Waals surface area (Å²) in [6.45, 7) is -0.344. The molecule has 0 fully saturated rings. The molecule has 1 heterocycles. The molecule has 3 N–H and O–H groups in total. The minimum atomic E-state index is -0.788. The van der Waals surface area contributed by atoms with E-state index in [2.05, 4.69) is 5.32 Å². The van der Waals surface area contributed by atoms with Gasteiger partial charge in [-0.05, 0) is 35.9 Å². The number of carbonyl (C=O) groups excluding carboxylic acids is 3. The number of ether oxygens (including phenoxy) is 3. The maximum Gasteiger partial charge on any atom is 0.312 e. The molecule has 0 saturated carbocycles. The first-order valence-corrected chi connectivity index (χ1v) is 8.70. The van der Waals surface area contributed by atoms with E-state index < -0.39 is 30.4 Å². The van der Waals surface area contributed by atoms with Crippen molar-refractivity contribution in [2.45, 2.75) is 12.5 Å². The lowest BCUT2D eigenvalue weighted by Gasteiger charge is -2.17. The van der Waals surface area contributed by atoms with Crippen molar-refractivity contribution in [3.05, 3.63) is 58.6 Å². The standard InChI is InChI=1S/C19H17ClN2O6/c20-13-4-1-11(2-5-13)14(22-19(21)25)8-18(24)26-9-15(23)12-3-6-16-17(7-12)28-10-27-16/h1-7,14H,8-10H2,(H3,21,22,25)/t14-/m0/s1. The Morgan fingerprint density at radius 3 is 2.54 bits per heavy atom. The van der Waals surface area contributed by atoms with Crippen LogP contribution in [0.2, 0.25) is 5.02 Å². The van der Waals surface area contributed by atoms with Gasteiger partial charge in [0.1, 0.15) is 0 Å². The zero-order valence-corrected chi connectivity index (χ0v) is 15.4. The molecular weight excluding hydrogens is 388 g/mol. The van der Waals surface area contributed by atoms with Gasteiger partial charge in [0.2, 0.25) is 6.79 Å². The number of fused-ring (bicyclic) bond motifs is 1. The third kappa shape index (κ3) is 4.92. The van der Waals surface area contributed by atoms with Gasteiger partial charge in [0.25, 0.3) is 0 Å². The largest absolute Gasteiger partial charge is 0.457 e. The van der Waals surface area contributed by atoms with Crippen LogP contribution in [-0.4, -0.2) is 31.2 Å². The summed E-state index contributed by atoms with van der Waals surface area (Å²) in [5.74, 6) is -0.0390. The zero-order valence-electron chi connectivity index (χ0n) is 14.6. The van der Waals surface area contributed by atoms with Crippen LogP contribution in [-0.2, 0) is 9.53 Å². The Morgan fingerprint density at radius 1 is 1.11 bits per heavy atom. The average Bonchev–Trinajstić information content (AvgIpc) is 3.13. The summed E-state index contributed by atoms with van der Waals surface area (Å²) in [6, 6.07) is 9.79. The van der Waals surface area contributed by atoms with E-state index in [1.54, 1.807) is 36.4 Å². The Balaban J connectivity index is 1.58. The molecule has 1 aliphatic rings. The average molecular weight is 405 g/mol. The van der Waals surface area contributed by atoms with Crippen LogP contribution in [0.1, 0.15) is 28.4 Å². The molecule has 8 nitrogen and oxygen atoms in total. The first-order chi connectivity index (χ1) is 13.4. The van der Waals surface area contributed by atoms with Gasteiger partial charge in [-0.15, -0.1) is 0 Å². The monoisotopic (exact) mass is 404 g/mol. The van der Waals surface area contributed by atoms with Gasteiger partial charge in [-0.25, -0.2) is 4.79 Å². The van der Waals surface area contributed by atoms with Crippen molar-refractivity contribution in [2.75, 3.05) is 13.4 Å². The van der Waals surface area contributed by atoms with Crippen molar-refractivity contribution < 1.29 is 28.6 Å². The summed E-state index contributed by atoms with van der Waals surface area (Å²) in [7, 11) is 0. The van der Waals surface area contributed by atoms with E-state index in [1.807, 2.05) is 0 Å². The summed E-state index contributed by atoms with van der Waals surface area (Å²) in [6.07, 6.45) is -0.195. The maximum atomic E-state index is 12.2. The van der Waals surface area contributed by atoms with E-state index in [0.717, 1.165) is 0 Å². The number of nitrogens with one attached hydrogen (secondary N) is 1. The Bertz CT molecular complexity index is 900. The maximum absolute atomic E-state index is 12.2. The number of carbonyl (C=O) groups is 3. The summed E-state index contributed by atoms with van der Waals surface area (Å²) >= 11 is 5.85. The van der Waals surface area contributed by atoms with E-state index in [9.17, 15) is 14.4 Å². The van der Waals surface area contributed by atoms with Crippen LogP contribution in [0.15, 0.2) is 42.5 Å². The molecule has 2 amide bonds. The fourth-order valence-corrected chi connectivity index (χ4v) is 2.77. The molecule has 0 spiro atoms. The Kier molecular flexibility index (Phi) is 6.00. The minimum Gasteiger partial charge on any atom is -0.457 e. The van der Waals surface area contributed by atoms with Crippen LogP contribution >= 0.6 is 11.6 Å². The number of hydrogen-bond acceptors (Lipinski definition) is 6. The highest BCUT2D eigenvalue weighted by Gasteiger charge is 2.21. The van der Waals surface area contributed by atoms with Crippen LogP contribution in [0.5, 0.6) is 11.5 Å². The van der Waals surface area contributed by atoms with Crippen molar-refractivity contribution in [3.8, 4) is 11.5 Å². The van der Waals surface area contributed by atoms with E-state index in [0.29, 0.717) is 27.6 Å². The van der Waals surface area contributed by atoms with Crippen LogP contribution in [0.25, 0.3) is 0 Å². The molecule has 28 heavy (non-hydrogen) atoms. The third-order valence-electron chi connectivity index (χ3n) is 4.02. The topological polar surface area (TPSA) is 117 Å². The Morgan fingerprint density at radius 2 is 1.82 bits per heavy atom. The lowest BCUT2D eigenvalue weighted by atomic mass is 10.0. The number of benzene rings is 2. The quantitative estimate of drug-likeness (QED) is 0.541. The highest BCUT2D eigenvalue weighted by molar-refractivity contribution is 6.30. The van der Waals surface area contributed by atoms with E-state index in [-0.39, 0.29) is 13.2 Å². The number of esters is 1. The molecule has 2 aromatic carbocycles. The number of rotatable bonds is 7. The molecule has 0 aliphatic carbocycles. The Labute approximate surface area is 165 Å². The van der Waals surface area contributed by atoms with Gasteiger partial charge in [0.15, 0.2) is 23.9 Å². The number of nitrogens with two attached hydrogens (primary N) is 1. The van der Waals surface area contributed by atoms with Gasteiger partial charge in [-0.2, -0.15) is 0 Å². The van der Waals surface area contributed by atoms with Crippen LogP contribution < -0.4 is 20.5 Å². The predicted octanol–water partition coefficient (Wildman–Crippen LogP) is 2.59. The second-order valence-corrected chi connectivity index (χ2v) is 6.41. The van der Waals surface area contributed by atoms with Gasteiger partial charge in [0, 0.05) is 10.6 Å². The van der Waals surface area contributed by atoms with E-state index in [4.69, 9.17) is 31.5 Å². The van der Waals surface area contributed by atoms with Gasteiger partial charge in [0.05, 0.1) is 12.5 Å². The van der Waals surface area contributed by atoms with Gasteiger partial charge in [-0.1, -0.05) is 23.7 Å². The molecule has 1 aliphatic heterocycles. The summed E-state index contributed by atoms with van der Waals surface area (Å²) in [5.41, 5.74) is 6.14. The number of halogens is 1. The lowest BCUT2D eigenvalue weighted by molar-refractivity contribution is -0.143. The van der Waals surface area contributed by atoms with Gasteiger partial charge < -0.3 is 25.3 Å². The highest BCUT2D eigenvalue weighted by Crippen LogP contribution is 2.32. The number of amides is 2.